The van der Waals surface area contributed by atoms with E-state index in [1.807, 2.05) is 18.0 Å². The number of hydrogen-bond donors (Lipinski definition) is 0. The highest BCUT2D eigenvalue weighted by Gasteiger charge is 2.30. The Morgan fingerprint density at radius 3 is 2.08 bits per heavy atom. The molecule has 0 unspecified atom stereocenters. The van der Waals surface area contributed by atoms with Crippen LogP contribution < -0.4 is 0 Å². The van der Waals surface area contributed by atoms with Gasteiger partial charge in [0.15, 0.2) is 0 Å². The van der Waals surface area contributed by atoms with E-state index in [0.717, 1.165) is 5.57 Å². The zero-order valence-corrected chi connectivity index (χ0v) is 8.14. The van der Waals surface area contributed by atoms with Crippen LogP contribution in [0.25, 0.3) is 0 Å². The van der Waals surface area contributed by atoms with Gasteiger partial charge in [0.1, 0.15) is 0 Å². The largest absolute Gasteiger partial charge is 0.340 e. The van der Waals surface area contributed by atoms with E-state index in [2.05, 4.69) is 27.4 Å². The molecule has 1 heterocycles. The summed E-state index contributed by atoms with van der Waals surface area (Å²) in [5.41, 5.74) is 1.31. The first kappa shape index (κ1) is 9.04. The number of ketones is 1. The summed E-state index contributed by atoms with van der Waals surface area (Å²) in [5, 5.41) is 0. The fraction of sp³-hybridized carbons (Fsp3) is 0.500. The van der Waals surface area contributed by atoms with Gasteiger partial charge in [-0.3, -0.25) is 4.79 Å². The molecule has 2 heteroatoms. The molecule has 0 spiro atoms. The third kappa shape index (κ3) is 1.29. The van der Waals surface area contributed by atoms with Crippen molar-refractivity contribution >= 4 is 5.78 Å². The van der Waals surface area contributed by atoms with Crippen molar-refractivity contribution in [1.29, 1.82) is 0 Å². The molecule has 0 saturated carbocycles. The van der Waals surface area contributed by atoms with Gasteiger partial charge in [0.05, 0.1) is 5.70 Å². The van der Waals surface area contributed by atoms with Gasteiger partial charge in [-0.2, -0.15) is 0 Å². The minimum Gasteiger partial charge on any atom is -0.340 e. The number of carbonyl (C=O) groups is 1. The van der Waals surface area contributed by atoms with Gasteiger partial charge < -0.3 is 4.90 Å². The molecule has 0 bridgehead atoms. The van der Waals surface area contributed by atoms with Crippen LogP contribution in [-0.4, -0.2) is 16.2 Å². The van der Waals surface area contributed by atoms with Gasteiger partial charge in [-0.25, -0.2) is 0 Å². The predicted molar refractivity (Wildman–Crippen MR) is 49.5 cm³/mol. The van der Waals surface area contributed by atoms with Crippen molar-refractivity contribution in [2.24, 2.45) is 0 Å². The summed E-state index contributed by atoms with van der Waals surface area (Å²) in [6.07, 6.45) is 1.87. The Hall–Kier alpha value is -1.05. The van der Waals surface area contributed by atoms with Gasteiger partial charge in [0.25, 0.3) is 0 Å². The molecule has 0 aromatic rings. The van der Waals surface area contributed by atoms with Crippen LogP contribution in [-0.2, 0) is 4.79 Å². The van der Waals surface area contributed by atoms with Crippen LogP contribution in [0, 0.1) is 0 Å². The van der Waals surface area contributed by atoms with Gasteiger partial charge >= 0.3 is 0 Å². The SMILES string of the molecule is C=C1C(=O)C(C)=CN1C(C)(C)C. The molecule has 0 aromatic carbocycles. The van der Waals surface area contributed by atoms with Crippen LogP contribution in [0.3, 0.4) is 0 Å². The molecule has 0 fully saturated rings. The van der Waals surface area contributed by atoms with Crippen LogP contribution in [0.4, 0.5) is 0 Å². The smallest absolute Gasteiger partial charge is 0.205 e. The standard InChI is InChI=1S/C10H15NO/c1-7-6-11(10(3,4)5)8(2)9(7)12/h6H,2H2,1,3-5H3. The Kier molecular flexibility index (Phi) is 1.86. The monoisotopic (exact) mass is 165 g/mol. The highest BCUT2D eigenvalue weighted by molar-refractivity contribution is 6.09. The number of hydrogen-bond acceptors (Lipinski definition) is 2. The average Bonchev–Trinajstić information content (AvgIpc) is 2.15. The fourth-order valence-electron chi connectivity index (χ4n) is 1.27. The van der Waals surface area contributed by atoms with E-state index in [1.165, 1.54) is 0 Å². The summed E-state index contributed by atoms with van der Waals surface area (Å²) in [5.74, 6) is 0.0601. The van der Waals surface area contributed by atoms with E-state index >= 15 is 0 Å². The lowest BCUT2D eigenvalue weighted by molar-refractivity contribution is -0.112. The zero-order chi connectivity index (χ0) is 9.52. The maximum atomic E-state index is 11.4. The van der Waals surface area contributed by atoms with Gasteiger partial charge in [-0.15, -0.1) is 0 Å². The van der Waals surface area contributed by atoms with E-state index in [9.17, 15) is 4.79 Å². The number of carbonyl (C=O) groups excluding carboxylic acids is 1. The van der Waals surface area contributed by atoms with E-state index < -0.39 is 0 Å². The molecule has 0 radical (unpaired) electrons. The maximum Gasteiger partial charge on any atom is 0.205 e. The second-order valence-corrected chi connectivity index (χ2v) is 4.13. The van der Waals surface area contributed by atoms with Crippen LogP contribution in [0.1, 0.15) is 27.7 Å². The Morgan fingerprint density at radius 2 is 1.92 bits per heavy atom. The number of nitrogens with zero attached hydrogens (tertiary/aromatic N) is 1. The maximum absolute atomic E-state index is 11.4. The molecule has 1 rings (SSSR count). The average molecular weight is 165 g/mol. The Balaban J connectivity index is 2.99. The lowest BCUT2D eigenvalue weighted by Gasteiger charge is -2.31. The lowest BCUT2D eigenvalue weighted by Crippen LogP contribution is -2.35. The van der Waals surface area contributed by atoms with Crippen molar-refractivity contribution < 1.29 is 4.79 Å². The zero-order valence-electron chi connectivity index (χ0n) is 8.14. The van der Waals surface area contributed by atoms with Crippen LogP contribution in [0.5, 0.6) is 0 Å². The van der Waals surface area contributed by atoms with E-state index in [1.54, 1.807) is 0 Å². The van der Waals surface area contributed by atoms with E-state index in [4.69, 9.17) is 0 Å². The molecule has 0 aromatic heterocycles. The summed E-state index contributed by atoms with van der Waals surface area (Å²) in [6.45, 7) is 11.7. The van der Waals surface area contributed by atoms with Crippen LogP contribution in [0.15, 0.2) is 24.0 Å². The highest BCUT2D eigenvalue weighted by Crippen LogP contribution is 2.27. The van der Waals surface area contributed by atoms with Crippen LogP contribution in [0.2, 0.25) is 0 Å². The first-order valence-electron chi connectivity index (χ1n) is 4.05. The third-order valence-electron chi connectivity index (χ3n) is 1.96. The number of rotatable bonds is 0. The molecule has 1 aliphatic rings. The number of Topliss-reactive ketones (excluding diaryl/α,β-unsaturated/α-hetero) is 1. The minimum absolute atomic E-state index is 0.0511. The minimum atomic E-state index is -0.0511. The van der Waals surface area contributed by atoms with Gasteiger partial charge in [-0.1, -0.05) is 6.58 Å². The van der Waals surface area contributed by atoms with Gasteiger partial charge in [0, 0.05) is 17.3 Å². The van der Waals surface area contributed by atoms with Crippen LogP contribution >= 0.6 is 0 Å². The molecule has 0 N–H and O–H groups in total. The normalized spacial score (nSPS) is 18.7. The molecule has 1 aliphatic heterocycles. The van der Waals surface area contributed by atoms with Crippen molar-refractivity contribution in [2.45, 2.75) is 33.2 Å². The quantitative estimate of drug-likeness (QED) is 0.512. The Bertz CT molecular complexity index is 268. The summed E-state index contributed by atoms with van der Waals surface area (Å²) in [4.78, 5) is 13.3. The molecule has 0 amide bonds. The second-order valence-electron chi connectivity index (χ2n) is 4.13. The highest BCUT2D eigenvalue weighted by atomic mass is 16.1. The van der Waals surface area contributed by atoms with Crippen molar-refractivity contribution in [2.75, 3.05) is 0 Å². The summed E-state index contributed by atoms with van der Waals surface area (Å²) >= 11 is 0. The second kappa shape index (κ2) is 2.47. The van der Waals surface area contributed by atoms with E-state index in [0.29, 0.717) is 5.70 Å². The predicted octanol–water partition coefficient (Wildman–Crippen LogP) is 2.09. The Labute approximate surface area is 73.6 Å². The van der Waals surface area contributed by atoms with Crippen molar-refractivity contribution in [1.82, 2.24) is 4.90 Å². The third-order valence-corrected chi connectivity index (χ3v) is 1.96. The molecular formula is C10H15NO. The van der Waals surface area contributed by atoms with Gasteiger partial charge in [-0.05, 0) is 27.7 Å². The Morgan fingerprint density at radius 1 is 1.42 bits per heavy atom. The molecule has 0 saturated heterocycles. The number of allylic oxidation sites excluding steroid dienone is 1. The van der Waals surface area contributed by atoms with E-state index in [-0.39, 0.29) is 11.3 Å². The van der Waals surface area contributed by atoms with Crippen molar-refractivity contribution in [3.63, 3.8) is 0 Å². The molecular weight excluding hydrogens is 150 g/mol. The lowest BCUT2D eigenvalue weighted by atomic mass is 10.1. The summed E-state index contributed by atoms with van der Waals surface area (Å²) < 4.78 is 0. The molecule has 2 nitrogen and oxygen atoms in total. The first-order valence-corrected chi connectivity index (χ1v) is 4.05. The molecule has 0 atom stereocenters. The first-order chi connectivity index (χ1) is 5.34. The van der Waals surface area contributed by atoms with Gasteiger partial charge in [0.2, 0.25) is 5.78 Å². The molecule has 66 valence electrons. The summed E-state index contributed by atoms with van der Waals surface area (Å²) in [7, 11) is 0. The topological polar surface area (TPSA) is 20.3 Å². The van der Waals surface area contributed by atoms with Crippen molar-refractivity contribution in [3.8, 4) is 0 Å². The van der Waals surface area contributed by atoms with Crippen molar-refractivity contribution in [3.05, 3.63) is 24.0 Å². The summed E-state index contributed by atoms with van der Waals surface area (Å²) in [6, 6.07) is 0. The fourth-order valence-corrected chi connectivity index (χ4v) is 1.27. The molecule has 12 heavy (non-hydrogen) atoms. The molecule has 0 aliphatic carbocycles.